The van der Waals surface area contributed by atoms with Crippen LogP contribution < -0.4 is 0 Å². The second-order valence-electron chi connectivity index (χ2n) is 4.43. The Morgan fingerprint density at radius 1 is 1.36 bits per heavy atom. The van der Waals surface area contributed by atoms with E-state index < -0.39 is 5.79 Å². The monoisotopic (exact) mass is 200 g/mol. The van der Waals surface area contributed by atoms with Crippen LogP contribution in [-0.4, -0.2) is 23.8 Å². The van der Waals surface area contributed by atoms with Crippen molar-refractivity contribution < 1.29 is 14.3 Å². The molecule has 0 aromatic rings. The van der Waals surface area contributed by atoms with E-state index in [4.69, 9.17) is 9.47 Å². The molecule has 0 radical (unpaired) electrons. The quantitative estimate of drug-likeness (QED) is 0.701. The minimum Gasteiger partial charge on any atom is -0.347 e. The summed E-state index contributed by atoms with van der Waals surface area (Å²) in [5.74, 6) is -0.360. The first-order valence-electron chi connectivity index (χ1n) is 5.28. The van der Waals surface area contributed by atoms with Gasteiger partial charge < -0.3 is 9.47 Å². The van der Waals surface area contributed by atoms with Crippen LogP contribution in [0.4, 0.5) is 0 Å². The summed E-state index contributed by atoms with van der Waals surface area (Å²) in [7, 11) is 0. The lowest BCUT2D eigenvalue weighted by Crippen LogP contribution is -2.44. The Morgan fingerprint density at radius 2 is 1.93 bits per heavy atom. The van der Waals surface area contributed by atoms with Crippen LogP contribution in [0.3, 0.4) is 0 Å². The number of Topliss-reactive ketones (excluding diaryl/α,β-unsaturated/α-hetero) is 1. The minimum atomic E-state index is -0.543. The topological polar surface area (TPSA) is 35.5 Å². The number of carbonyl (C=O) groups is 1. The van der Waals surface area contributed by atoms with E-state index in [1.807, 2.05) is 13.8 Å². The van der Waals surface area contributed by atoms with E-state index in [9.17, 15) is 4.79 Å². The van der Waals surface area contributed by atoms with E-state index in [1.54, 1.807) is 6.92 Å². The molecule has 0 aliphatic carbocycles. The molecule has 0 N–H and O–H groups in total. The molecule has 0 saturated carbocycles. The zero-order chi connectivity index (χ0) is 10.8. The Morgan fingerprint density at radius 3 is 2.43 bits per heavy atom. The molecule has 0 spiro atoms. The Bertz CT molecular complexity index is 211. The molecule has 0 aromatic heterocycles. The average molecular weight is 200 g/mol. The highest BCUT2D eigenvalue weighted by Gasteiger charge is 2.34. The summed E-state index contributed by atoms with van der Waals surface area (Å²) in [5.41, 5.74) is 0. The fourth-order valence-electron chi connectivity index (χ4n) is 1.92. The van der Waals surface area contributed by atoms with Crippen molar-refractivity contribution in [3.05, 3.63) is 0 Å². The van der Waals surface area contributed by atoms with Gasteiger partial charge in [0.1, 0.15) is 5.78 Å². The van der Waals surface area contributed by atoms with Gasteiger partial charge in [0.25, 0.3) is 0 Å². The standard InChI is InChI=1S/C11H20O3/c1-5-9-7-10(6-8(2)12)14-11(3,4)13-9/h9-10H,5-7H2,1-4H3/t9-,10-/m1/s1. The van der Waals surface area contributed by atoms with Gasteiger partial charge >= 0.3 is 0 Å². The highest BCUT2D eigenvalue weighted by atomic mass is 16.7. The zero-order valence-electron chi connectivity index (χ0n) is 9.50. The largest absolute Gasteiger partial charge is 0.347 e. The van der Waals surface area contributed by atoms with Crippen molar-refractivity contribution in [1.82, 2.24) is 0 Å². The Hall–Kier alpha value is -0.410. The van der Waals surface area contributed by atoms with E-state index in [0.29, 0.717) is 6.42 Å². The van der Waals surface area contributed by atoms with Crippen LogP contribution in [0, 0.1) is 0 Å². The van der Waals surface area contributed by atoms with Crippen LogP contribution in [0.25, 0.3) is 0 Å². The number of hydrogen-bond donors (Lipinski definition) is 0. The first-order chi connectivity index (χ1) is 6.43. The molecule has 82 valence electrons. The molecule has 3 heteroatoms. The van der Waals surface area contributed by atoms with Crippen LogP contribution in [0.1, 0.15) is 47.0 Å². The molecule has 0 bridgehead atoms. The van der Waals surface area contributed by atoms with Gasteiger partial charge in [0.2, 0.25) is 0 Å². The number of rotatable bonds is 3. The van der Waals surface area contributed by atoms with Gasteiger partial charge in [-0.05, 0) is 27.2 Å². The molecule has 1 rings (SSSR count). The third-order valence-corrected chi connectivity index (χ3v) is 2.40. The molecule has 0 aromatic carbocycles. The van der Waals surface area contributed by atoms with E-state index in [1.165, 1.54) is 0 Å². The van der Waals surface area contributed by atoms with Gasteiger partial charge in [-0.25, -0.2) is 0 Å². The molecule has 1 aliphatic rings. The molecule has 2 atom stereocenters. The van der Waals surface area contributed by atoms with Gasteiger partial charge in [-0.3, -0.25) is 4.79 Å². The molecular formula is C11H20O3. The lowest BCUT2D eigenvalue weighted by Gasteiger charge is -2.40. The smallest absolute Gasteiger partial charge is 0.163 e. The number of ketones is 1. The van der Waals surface area contributed by atoms with Crippen LogP contribution in [0.2, 0.25) is 0 Å². The van der Waals surface area contributed by atoms with Crippen molar-refractivity contribution in [2.24, 2.45) is 0 Å². The second-order valence-corrected chi connectivity index (χ2v) is 4.43. The van der Waals surface area contributed by atoms with Gasteiger partial charge in [-0.2, -0.15) is 0 Å². The summed E-state index contributed by atoms with van der Waals surface area (Å²) < 4.78 is 11.4. The molecule has 0 unspecified atom stereocenters. The summed E-state index contributed by atoms with van der Waals surface area (Å²) in [6.07, 6.45) is 2.56. The third kappa shape index (κ3) is 3.39. The molecule has 14 heavy (non-hydrogen) atoms. The number of ether oxygens (including phenoxy) is 2. The van der Waals surface area contributed by atoms with Crippen molar-refractivity contribution in [3.8, 4) is 0 Å². The van der Waals surface area contributed by atoms with Crippen molar-refractivity contribution in [3.63, 3.8) is 0 Å². The summed E-state index contributed by atoms with van der Waals surface area (Å²) in [6, 6.07) is 0. The Kier molecular flexibility index (Phi) is 3.67. The molecule has 0 amide bonds. The van der Waals surface area contributed by atoms with Crippen molar-refractivity contribution in [1.29, 1.82) is 0 Å². The van der Waals surface area contributed by atoms with Crippen LogP contribution in [-0.2, 0) is 14.3 Å². The SMILES string of the molecule is CC[C@@H]1C[C@@H](CC(C)=O)OC(C)(C)O1. The van der Waals surface area contributed by atoms with Crippen molar-refractivity contribution in [2.45, 2.75) is 65.0 Å². The van der Waals surface area contributed by atoms with Gasteiger partial charge in [0.15, 0.2) is 5.79 Å². The van der Waals surface area contributed by atoms with Crippen molar-refractivity contribution in [2.75, 3.05) is 0 Å². The Balaban J connectivity index is 2.56. The van der Waals surface area contributed by atoms with E-state index >= 15 is 0 Å². The molecule has 1 saturated heterocycles. The maximum Gasteiger partial charge on any atom is 0.163 e. The molecular weight excluding hydrogens is 180 g/mol. The van der Waals surface area contributed by atoms with E-state index in [0.717, 1.165) is 12.8 Å². The van der Waals surface area contributed by atoms with Crippen molar-refractivity contribution >= 4 is 5.78 Å². The third-order valence-electron chi connectivity index (χ3n) is 2.40. The first-order valence-corrected chi connectivity index (χ1v) is 5.28. The van der Waals surface area contributed by atoms with Gasteiger partial charge in [-0.1, -0.05) is 6.92 Å². The summed E-state index contributed by atoms with van der Waals surface area (Å²) in [4.78, 5) is 11.0. The summed E-state index contributed by atoms with van der Waals surface area (Å²) >= 11 is 0. The fraction of sp³-hybridized carbons (Fsp3) is 0.909. The van der Waals surface area contributed by atoms with Gasteiger partial charge in [-0.15, -0.1) is 0 Å². The summed E-state index contributed by atoms with van der Waals surface area (Å²) in [5, 5.41) is 0. The minimum absolute atomic E-state index is 0.0289. The lowest BCUT2D eigenvalue weighted by molar-refractivity contribution is -0.299. The Labute approximate surface area is 85.8 Å². The molecule has 1 heterocycles. The predicted molar refractivity (Wildman–Crippen MR) is 54.0 cm³/mol. The molecule has 1 fully saturated rings. The number of carbonyl (C=O) groups excluding carboxylic acids is 1. The zero-order valence-corrected chi connectivity index (χ0v) is 9.50. The highest BCUT2D eigenvalue weighted by molar-refractivity contribution is 5.75. The maximum atomic E-state index is 11.0. The molecule has 3 nitrogen and oxygen atoms in total. The fourth-order valence-corrected chi connectivity index (χ4v) is 1.92. The normalized spacial score (nSPS) is 31.4. The summed E-state index contributed by atoms with van der Waals surface area (Å²) in [6.45, 7) is 7.51. The van der Waals surface area contributed by atoms with E-state index in [-0.39, 0.29) is 18.0 Å². The maximum absolute atomic E-state index is 11.0. The lowest BCUT2D eigenvalue weighted by atomic mass is 10.0. The van der Waals surface area contributed by atoms with Crippen LogP contribution in [0.15, 0.2) is 0 Å². The number of hydrogen-bond acceptors (Lipinski definition) is 3. The highest BCUT2D eigenvalue weighted by Crippen LogP contribution is 2.29. The van der Waals surface area contributed by atoms with Crippen LogP contribution in [0.5, 0.6) is 0 Å². The van der Waals surface area contributed by atoms with Gasteiger partial charge in [0, 0.05) is 12.8 Å². The average Bonchev–Trinajstić information content (AvgIpc) is 1.99. The first kappa shape index (κ1) is 11.7. The molecule has 1 aliphatic heterocycles. The predicted octanol–water partition coefficient (Wildman–Crippen LogP) is 2.29. The second kappa shape index (κ2) is 4.41. The van der Waals surface area contributed by atoms with Crippen LogP contribution >= 0.6 is 0 Å². The van der Waals surface area contributed by atoms with Gasteiger partial charge in [0.05, 0.1) is 12.2 Å². The van der Waals surface area contributed by atoms with E-state index in [2.05, 4.69) is 6.92 Å².